The number of carboxylic acid groups (broad SMARTS) is 1. The predicted molar refractivity (Wildman–Crippen MR) is 91.1 cm³/mol. The van der Waals surface area contributed by atoms with Crippen molar-refractivity contribution >= 4 is 12.4 Å². The van der Waals surface area contributed by atoms with Crippen LogP contribution in [0.3, 0.4) is 0 Å². The molecule has 0 radical (unpaired) electrons. The second-order valence-electron chi connectivity index (χ2n) is 6.64. The molecule has 1 aliphatic carbocycles. The number of nitrogens with zero attached hydrogens (tertiary/aromatic N) is 1. The van der Waals surface area contributed by atoms with E-state index in [9.17, 15) is 14.7 Å². The highest BCUT2D eigenvalue weighted by Gasteiger charge is 2.46. The molecule has 0 aliphatic heterocycles. The second kappa shape index (κ2) is 8.14. The molecule has 0 bridgehead atoms. The number of aldehydes is 1. The van der Waals surface area contributed by atoms with Gasteiger partial charge in [-0.25, -0.2) is 4.79 Å². The van der Waals surface area contributed by atoms with Gasteiger partial charge in [0.1, 0.15) is 6.29 Å². The Bertz CT molecular complexity index is 520. The van der Waals surface area contributed by atoms with E-state index in [0.29, 0.717) is 18.7 Å². The van der Waals surface area contributed by atoms with Crippen LogP contribution in [-0.4, -0.2) is 35.5 Å². The van der Waals surface area contributed by atoms with Gasteiger partial charge in [0, 0.05) is 24.1 Å². The Balaban J connectivity index is 1.92. The lowest BCUT2D eigenvalue weighted by Crippen LogP contribution is -2.37. The summed E-state index contributed by atoms with van der Waals surface area (Å²) in [5.41, 5.74) is 1.78. The Labute approximate surface area is 138 Å². The highest BCUT2D eigenvalue weighted by atomic mass is 16.4. The molecule has 0 atom stereocenters. The minimum absolute atomic E-state index is 0.0385. The van der Waals surface area contributed by atoms with Crippen molar-refractivity contribution in [1.82, 2.24) is 4.90 Å². The topological polar surface area (TPSA) is 57.6 Å². The number of unbranched alkanes of at least 4 members (excludes halogenated alkanes) is 4. The molecule has 1 fully saturated rings. The third-order valence-electron chi connectivity index (χ3n) is 4.81. The van der Waals surface area contributed by atoms with E-state index in [2.05, 4.69) is 6.92 Å². The summed E-state index contributed by atoms with van der Waals surface area (Å²) < 4.78 is 0. The van der Waals surface area contributed by atoms with Gasteiger partial charge < -0.3 is 10.0 Å². The summed E-state index contributed by atoms with van der Waals surface area (Å²) in [5, 5.41) is 9.48. The number of hydrogen-bond donors (Lipinski definition) is 1. The zero-order valence-corrected chi connectivity index (χ0v) is 14.0. The van der Waals surface area contributed by atoms with Crippen molar-refractivity contribution in [2.75, 3.05) is 13.1 Å². The molecule has 0 heterocycles. The third kappa shape index (κ3) is 4.81. The molecule has 126 valence electrons. The highest BCUT2D eigenvalue weighted by molar-refractivity contribution is 5.74. The van der Waals surface area contributed by atoms with E-state index in [1.165, 1.54) is 19.3 Å². The van der Waals surface area contributed by atoms with Crippen molar-refractivity contribution in [1.29, 1.82) is 0 Å². The molecular formula is C19H27NO3. The lowest BCUT2D eigenvalue weighted by Gasteiger charge is -2.25. The monoisotopic (exact) mass is 317 g/mol. The van der Waals surface area contributed by atoms with E-state index in [1.54, 1.807) is 4.90 Å². The van der Waals surface area contributed by atoms with Crippen molar-refractivity contribution in [2.24, 2.45) is 0 Å². The number of carbonyl (C=O) groups is 2. The average Bonchev–Trinajstić information content (AvgIpc) is 3.34. The normalized spacial score (nSPS) is 15.2. The van der Waals surface area contributed by atoms with Crippen LogP contribution in [0, 0.1) is 0 Å². The quantitative estimate of drug-likeness (QED) is 0.511. The van der Waals surface area contributed by atoms with Crippen molar-refractivity contribution in [3.63, 3.8) is 0 Å². The number of carbonyl (C=O) groups excluding carboxylic acids is 1. The molecule has 1 aromatic carbocycles. The molecular weight excluding hydrogens is 290 g/mol. The van der Waals surface area contributed by atoms with Crippen LogP contribution in [0.25, 0.3) is 0 Å². The molecule has 4 heteroatoms. The highest BCUT2D eigenvalue weighted by Crippen LogP contribution is 2.48. The van der Waals surface area contributed by atoms with Crippen LogP contribution in [0.5, 0.6) is 0 Å². The maximum Gasteiger partial charge on any atom is 0.407 e. The van der Waals surface area contributed by atoms with Crippen LogP contribution in [0.2, 0.25) is 0 Å². The molecule has 0 aromatic heterocycles. The minimum atomic E-state index is -0.823. The maximum atomic E-state index is 11.5. The fourth-order valence-corrected chi connectivity index (χ4v) is 3.12. The fourth-order valence-electron chi connectivity index (χ4n) is 3.12. The minimum Gasteiger partial charge on any atom is -0.465 e. The van der Waals surface area contributed by atoms with Gasteiger partial charge in [0.05, 0.1) is 0 Å². The number of rotatable bonds is 10. The first-order chi connectivity index (χ1) is 11.1. The van der Waals surface area contributed by atoms with Crippen LogP contribution >= 0.6 is 0 Å². The number of amides is 1. The lowest BCUT2D eigenvalue weighted by molar-refractivity contribution is 0.112. The molecule has 2 rings (SSSR count). The SMILES string of the molecule is CCCCCCCN(CC1(c2ccc(C=O)cc2)CC1)C(=O)O. The summed E-state index contributed by atoms with van der Waals surface area (Å²) in [6.45, 7) is 3.36. The zero-order valence-electron chi connectivity index (χ0n) is 14.0. The Morgan fingerprint density at radius 3 is 2.35 bits per heavy atom. The number of hydrogen-bond acceptors (Lipinski definition) is 2. The summed E-state index contributed by atoms with van der Waals surface area (Å²) in [6.07, 6.45) is 7.69. The molecule has 1 aromatic rings. The first kappa shape index (κ1) is 17.5. The van der Waals surface area contributed by atoms with Gasteiger partial charge in [0.25, 0.3) is 0 Å². The smallest absolute Gasteiger partial charge is 0.407 e. The van der Waals surface area contributed by atoms with Crippen LogP contribution in [0.15, 0.2) is 24.3 Å². The van der Waals surface area contributed by atoms with E-state index in [4.69, 9.17) is 0 Å². The van der Waals surface area contributed by atoms with Crippen molar-refractivity contribution in [3.8, 4) is 0 Å². The zero-order chi connectivity index (χ0) is 16.7. The Kier molecular flexibility index (Phi) is 6.20. The van der Waals surface area contributed by atoms with E-state index in [0.717, 1.165) is 37.5 Å². The van der Waals surface area contributed by atoms with Gasteiger partial charge in [-0.1, -0.05) is 56.9 Å². The second-order valence-corrected chi connectivity index (χ2v) is 6.64. The van der Waals surface area contributed by atoms with Gasteiger partial charge in [-0.05, 0) is 24.8 Å². The molecule has 23 heavy (non-hydrogen) atoms. The molecule has 1 amide bonds. The van der Waals surface area contributed by atoms with Crippen LogP contribution in [0.1, 0.15) is 67.8 Å². The fraction of sp³-hybridized carbons (Fsp3) is 0.579. The summed E-state index contributed by atoms with van der Waals surface area (Å²) in [5.74, 6) is 0. The maximum absolute atomic E-state index is 11.5. The van der Waals surface area contributed by atoms with Gasteiger partial charge in [-0.2, -0.15) is 0 Å². The van der Waals surface area contributed by atoms with Gasteiger partial charge in [0.15, 0.2) is 0 Å². The van der Waals surface area contributed by atoms with E-state index in [-0.39, 0.29) is 5.41 Å². The van der Waals surface area contributed by atoms with E-state index >= 15 is 0 Å². The van der Waals surface area contributed by atoms with Gasteiger partial charge in [0.2, 0.25) is 0 Å². The van der Waals surface area contributed by atoms with Crippen molar-refractivity contribution < 1.29 is 14.7 Å². The van der Waals surface area contributed by atoms with Crippen LogP contribution in [0.4, 0.5) is 4.79 Å². The summed E-state index contributed by atoms with van der Waals surface area (Å²) in [4.78, 5) is 23.9. The van der Waals surface area contributed by atoms with Gasteiger partial charge >= 0.3 is 6.09 Å². The molecule has 0 saturated heterocycles. The lowest BCUT2D eigenvalue weighted by atomic mass is 9.94. The van der Waals surface area contributed by atoms with Crippen LogP contribution < -0.4 is 0 Å². The molecule has 1 saturated carbocycles. The van der Waals surface area contributed by atoms with Crippen molar-refractivity contribution in [2.45, 2.75) is 57.3 Å². The molecule has 0 spiro atoms. The first-order valence-corrected chi connectivity index (χ1v) is 8.65. The molecule has 4 nitrogen and oxygen atoms in total. The molecule has 0 unspecified atom stereocenters. The van der Waals surface area contributed by atoms with Crippen LogP contribution in [-0.2, 0) is 5.41 Å². The third-order valence-corrected chi connectivity index (χ3v) is 4.81. The largest absolute Gasteiger partial charge is 0.465 e. The molecule has 1 aliphatic rings. The van der Waals surface area contributed by atoms with Crippen molar-refractivity contribution in [3.05, 3.63) is 35.4 Å². The number of benzene rings is 1. The summed E-state index contributed by atoms with van der Waals surface area (Å²) in [6, 6.07) is 7.58. The Hall–Kier alpha value is -1.84. The van der Waals surface area contributed by atoms with Gasteiger partial charge in [-0.3, -0.25) is 4.79 Å². The summed E-state index contributed by atoms with van der Waals surface area (Å²) in [7, 11) is 0. The molecule has 1 N–H and O–H groups in total. The average molecular weight is 317 g/mol. The van der Waals surface area contributed by atoms with E-state index < -0.39 is 6.09 Å². The Morgan fingerprint density at radius 1 is 1.17 bits per heavy atom. The first-order valence-electron chi connectivity index (χ1n) is 8.65. The van der Waals surface area contributed by atoms with E-state index in [1.807, 2.05) is 24.3 Å². The Morgan fingerprint density at radius 2 is 1.83 bits per heavy atom. The summed E-state index contributed by atoms with van der Waals surface area (Å²) >= 11 is 0. The predicted octanol–water partition coefficient (Wildman–Crippen LogP) is 4.48. The van der Waals surface area contributed by atoms with Gasteiger partial charge in [-0.15, -0.1) is 0 Å². The standard InChI is InChI=1S/C19H27NO3/c1-2-3-4-5-6-13-20(18(22)23)15-19(11-12-19)17-9-7-16(14-21)8-10-17/h7-10,14H,2-6,11-13,15H2,1H3,(H,22,23).